The number of nitrogens with one attached hydrogen (secondary N) is 1. The van der Waals surface area contributed by atoms with Crippen molar-refractivity contribution in [1.82, 2.24) is 5.32 Å². The second kappa shape index (κ2) is 7.24. The van der Waals surface area contributed by atoms with Gasteiger partial charge >= 0.3 is 0 Å². The summed E-state index contributed by atoms with van der Waals surface area (Å²) in [6, 6.07) is 0.669. The Labute approximate surface area is 94.5 Å². The summed E-state index contributed by atoms with van der Waals surface area (Å²) in [5.74, 6) is 0.473. The maximum atomic E-state index is 9.98. The highest BCUT2D eigenvalue weighted by atomic mass is 16.3. The Bertz CT molecular complexity index is 151. The van der Waals surface area contributed by atoms with Crippen LogP contribution in [0.2, 0.25) is 0 Å². The van der Waals surface area contributed by atoms with Crippen LogP contribution in [0.1, 0.15) is 58.8 Å². The van der Waals surface area contributed by atoms with Crippen molar-refractivity contribution in [3.8, 4) is 0 Å². The second-order valence-corrected chi connectivity index (χ2v) is 4.89. The Morgan fingerprint density at radius 1 is 1.13 bits per heavy atom. The Morgan fingerprint density at radius 2 is 1.73 bits per heavy atom. The largest absolute Gasteiger partial charge is 0.392 e. The first kappa shape index (κ1) is 13.0. The molecule has 0 aromatic carbocycles. The van der Waals surface area contributed by atoms with Gasteiger partial charge in [-0.25, -0.2) is 0 Å². The first-order chi connectivity index (χ1) is 7.27. The van der Waals surface area contributed by atoms with Crippen LogP contribution in [0.25, 0.3) is 0 Å². The summed E-state index contributed by atoms with van der Waals surface area (Å²) in [4.78, 5) is 0. The van der Waals surface area contributed by atoms with Crippen LogP contribution in [-0.4, -0.2) is 23.8 Å². The van der Waals surface area contributed by atoms with Gasteiger partial charge in [0, 0.05) is 12.6 Å². The van der Waals surface area contributed by atoms with Gasteiger partial charge in [0.2, 0.25) is 0 Å². The first-order valence-corrected chi connectivity index (χ1v) is 6.69. The lowest BCUT2D eigenvalue weighted by molar-refractivity contribution is 0.0964. The van der Waals surface area contributed by atoms with Gasteiger partial charge in [-0.05, 0) is 18.8 Å². The number of aliphatic hydroxyl groups excluding tert-OH is 1. The van der Waals surface area contributed by atoms with Crippen molar-refractivity contribution >= 4 is 0 Å². The Kier molecular flexibility index (Phi) is 6.26. The topological polar surface area (TPSA) is 32.3 Å². The van der Waals surface area contributed by atoms with Crippen molar-refractivity contribution in [2.45, 2.75) is 70.9 Å². The second-order valence-electron chi connectivity index (χ2n) is 4.89. The number of aliphatic hydroxyl groups is 1. The van der Waals surface area contributed by atoms with Gasteiger partial charge in [-0.15, -0.1) is 0 Å². The summed E-state index contributed by atoms with van der Waals surface area (Å²) >= 11 is 0. The number of hydrogen-bond donors (Lipinski definition) is 2. The van der Waals surface area contributed by atoms with Crippen LogP contribution in [-0.2, 0) is 0 Å². The molecule has 0 bridgehead atoms. The molecule has 0 spiro atoms. The minimum atomic E-state index is -0.151. The summed E-state index contributed by atoms with van der Waals surface area (Å²) in [5, 5.41) is 13.5. The van der Waals surface area contributed by atoms with E-state index < -0.39 is 0 Å². The Morgan fingerprint density at radius 3 is 2.27 bits per heavy atom. The number of hydrogen-bond acceptors (Lipinski definition) is 2. The van der Waals surface area contributed by atoms with Crippen molar-refractivity contribution in [3.05, 3.63) is 0 Å². The van der Waals surface area contributed by atoms with Crippen LogP contribution in [0.5, 0.6) is 0 Å². The Balaban J connectivity index is 2.16. The van der Waals surface area contributed by atoms with Crippen molar-refractivity contribution in [3.63, 3.8) is 0 Å². The molecule has 1 aliphatic carbocycles. The molecule has 1 unspecified atom stereocenters. The van der Waals surface area contributed by atoms with Crippen LogP contribution in [0.15, 0.2) is 0 Å². The number of rotatable bonds is 6. The van der Waals surface area contributed by atoms with E-state index in [0.717, 1.165) is 19.4 Å². The molecule has 0 saturated heterocycles. The molecule has 0 aromatic rings. The van der Waals surface area contributed by atoms with E-state index in [-0.39, 0.29) is 6.10 Å². The van der Waals surface area contributed by atoms with Crippen LogP contribution < -0.4 is 5.32 Å². The van der Waals surface area contributed by atoms with Gasteiger partial charge in [0.25, 0.3) is 0 Å². The molecule has 1 rings (SSSR count). The highest BCUT2D eigenvalue weighted by Gasteiger charge is 2.18. The predicted molar refractivity (Wildman–Crippen MR) is 65.0 cm³/mol. The van der Waals surface area contributed by atoms with Crippen molar-refractivity contribution in [2.75, 3.05) is 6.54 Å². The molecule has 0 radical (unpaired) electrons. The minimum Gasteiger partial charge on any atom is -0.392 e. The maximum absolute atomic E-state index is 9.98. The van der Waals surface area contributed by atoms with Crippen LogP contribution in [0.3, 0.4) is 0 Å². The third-order valence-corrected chi connectivity index (χ3v) is 3.81. The van der Waals surface area contributed by atoms with E-state index in [0.29, 0.717) is 12.0 Å². The minimum absolute atomic E-state index is 0.151. The molecule has 2 N–H and O–H groups in total. The lowest BCUT2D eigenvalue weighted by atomic mass is 9.93. The average molecular weight is 213 g/mol. The van der Waals surface area contributed by atoms with Gasteiger partial charge in [-0.1, -0.05) is 46.0 Å². The van der Waals surface area contributed by atoms with Crippen molar-refractivity contribution < 1.29 is 5.11 Å². The molecule has 2 nitrogen and oxygen atoms in total. The molecule has 90 valence electrons. The molecule has 0 aliphatic heterocycles. The summed E-state index contributed by atoms with van der Waals surface area (Å²) in [6.45, 7) is 5.12. The van der Waals surface area contributed by atoms with Crippen molar-refractivity contribution in [2.24, 2.45) is 5.92 Å². The summed E-state index contributed by atoms with van der Waals surface area (Å²) < 4.78 is 0. The van der Waals surface area contributed by atoms with E-state index in [1.54, 1.807) is 0 Å². The van der Waals surface area contributed by atoms with Gasteiger partial charge in [0.05, 0.1) is 6.10 Å². The van der Waals surface area contributed by atoms with Gasteiger partial charge < -0.3 is 10.4 Å². The highest BCUT2D eigenvalue weighted by molar-refractivity contribution is 4.75. The molecular formula is C13H27NO. The van der Waals surface area contributed by atoms with Crippen molar-refractivity contribution in [1.29, 1.82) is 0 Å². The highest BCUT2D eigenvalue weighted by Crippen LogP contribution is 2.18. The summed E-state index contributed by atoms with van der Waals surface area (Å²) in [6.07, 6.45) is 8.74. The molecular weight excluding hydrogens is 186 g/mol. The summed E-state index contributed by atoms with van der Waals surface area (Å²) in [7, 11) is 0. The molecule has 0 heterocycles. The lowest BCUT2D eigenvalue weighted by Crippen LogP contribution is -2.39. The van der Waals surface area contributed by atoms with Gasteiger partial charge in [0.15, 0.2) is 0 Å². The van der Waals surface area contributed by atoms with Crippen LogP contribution in [0.4, 0.5) is 0 Å². The molecule has 15 heavy (non-hydrogen) atoms. The van der Waals surface area contributed by atoms with Gasteiger partial charge in [-0.2, -0.15) is 0 Å². The molecule has 1 atom stereocenters. The molecule has 1 fully saturated rings. The van der Waals surface area contributed by atoms with E-state index in [1.807, 2.05) is 0 Å². The smallest absolute Gasteiger partial charge is 0.0692 e. The summed E-state index contributed by atoms with van der Waals surface area (Å²) in [5.41, 5.74) is 0. The monoisotopic (exact) mass is 213 g/mol. The lowest BCUT2D eigenvalue weighted by Gasteiger charge is -2.26. The first-order valence-electron chi connectivity index (χ1n) is 6.69. The van der Waals surface area contributed by atoms with E-state index >= 15 is 0 Å². The standard InChI is InChI=1S/C13H27NO/c1-3-11(4-2)13(15)10-14-12-8-6-5-7-9-12/h11-15H,3-10H2,1-2H3. The normalized spacial score (nSPS) is 20.8. The van der Waals surface area contributed by atoms with Gasteiger partial charge in [0.1, 0.15) is 0 Å². The van der Waals surface area contributed by atoms with E-state index in [1.165, 1.54) is 32.1 Å². The predicted octanol–water partition coefficient (Wildman–Crippen LogP) is 2.71. The fourth-order valence-corrected chi connectivity index (χ4v) is 2.59. The van der Waals surface area contributed by atoms with Crippen LogP contribution >= 0.6 is 0 Å². The van der Waals surface area contributed by atoms with E-state index in [4.69, 9.17) is 0 Å². The van der Waals surface area contributed by atoms with Gasteiger partial charge in [-0.3, -0.25) is 0 Å². The average Bonchev–Trinajstić information content (AvgIpc) is 2.29. The zero-order valence-corrected chi connectivity index (χ0v) is 10.3. The zero-order valence-electron chi connectivity index (χ0n) is 10.3. The Hall–Kier alpha value is -0.0800. The molecule has 1 saturated carbocycles. The molecule has 0 aromatic heterocycles. The fraction of sp³-hybridized carbons (Fsp3) is 1.00. The maximum Gasteiger partial charge on any atom is 0.0692 e. The van der Waals surface area contributed by atoms with E-state index in [2.05, 4.69) is 19.2 Å². The third-order valence-electron chi connectivity index (χ3n) is 3.81. The molecule has 0 amide bonds. The zero-order chi connectivity index (χ0) is 11.1. The quantitative estimate of drug-likeness (QED) is 0.711. The SMILES string of the molecule is CCC(CC)C(O)CNC1CCCCC1. The molecule has 2 heteroatoms. The molecule has 1 aliphatic rings. The van der Waals surface area contributed by atoms with E-state index in [9.17, 15) is 5.11 Å². The fourth-order valence-electron chi connectivity index (χ4n) is 2.59. The third kappa shape index (κ3) is 4.52. The van der Waals surface area contributed by atoms with Crippen LogP contribution in [0, 0.1) is 5.92 Å².